The fourth-order valence-electron chi connectivity index (χ4n) is 1.84. The predicted octanol–water partition coefficient (Wildman–Crippen LogP) is 0.817. The molecule has 2 aromatic rings. The lowest BCUT2D eigenvalue weighted by molar-refractivity contribution is 0.0950. The molecule has 0 radical (unpaired) electrons. The molecule has 0 fully saturated rings. The molecular formula is C13H16FN5O. The zero-order chi connectivity index (χ0) is 14.7. The number of aromatic nitrogens is 3. The van der Waals surface area contributed by atoms with E-state index in [4.69, 9.17) is 5.73 Å². The van der Waals surface area contributed by atoms with Gasteiger partial charge in [0.15, 0.2) is 5.82 Å². The number of carbonyl (C=O) groups is 1. The smallest absolute Gasteiger partial charge is 0.254 e. The van der Waals surface area contributed by atoms with Crippen molar-refractivity contribution in [3.8, 4) is 0 Å². The molecule has 6 nitrogen and oxygen atoms in total. The normalized spacial score (nSPS) is 10.6. The Hall–Kier alpha value is -2.44. The van der Waals surface area contributed by atoms with Gasteiger partial charge >= 0.3 is 0 Å². The van der Waals surface area contributed by atoms with Crippen LogP contribution in [0, 0.1) is 12.7 Å². The molecule has 3 N–H and O–H groups in total. The SMILES string of the molecule is Cc1cc(N)cc(C(=O)NCCc2ncn(C)n2)c1F. The molecular weight excluding hydrogens is 261 g/mol. The molecule has 1 amide bonds. The summed E-state index contributed by atoms with van der Waals surface area (Å²) < 4.78 is 15.4. The summed E-state index contributed by atoms with van der Waals surface area (Å²) in [5.74, 6) is -0.418. The molecule has 0 aliphatic heterocycles. The van der Waals surface area contributed by atoms with Crippen molar-refractivity contribution in [1.29, 1.82) is 0 Å². The molecule has 106 valence electrons. The first-order chi connectivity index (χ1) is 9.47. The highest BCUT2D eigenvalue weighted by Crippen LogP contribution is 2.16. The van der Waals surface area contributed by atoms with Crippen LogP contribution in [0.1, 0.15) is 21.7 Å². The van der Waals surface area contributed by atoms with Crippen molar-refractivity contribution in [2.75, 3.05) is 12.3 Å². The van der Waals surface area contributed by atoms with Crippen LogP contribution >= 0.6 is 0 Å². The zero-order valence-corrected chi connectivity index (χ0v) is 11.4. The number of nitrogens with two attached hydrogens (primary N) is 1. The predicted molar refractivity (Wildman–Crippen MR) is 72.6 cm³/mol. The maximum atomic E-state index is 13.8. The number of nitrogen functional groups attached to an aromatic ring is 1. The Morgan fingerprint density at radius 1 is 1.50 bits per heavy atom. The van der Waals surface area contributed by atoms with E-state index in [-0.39, 0.29) is 5.56 Å². The molecule has 7 heteroatoms. The lowest BCUT2D eigenvalue weighted by atomic mass is 10.1. The Kier molecular flexibility index (Phi) is 3.97. The quantitative estimate of drug-likeness (QED) is 0.810. The van der Waals surface area contributed by atoms with Crippen LogP contribution in [0.4, 0.5) is 10.1 Å². The largest absolute Gasteiger partial charge is 0.399 e. The summed E-state index contributed by atoms with van der Waals surface area (Å²) in [5, 5.41) is 6.71. The van der Waals surface area contributed by atoms with E-state index in [0.29, 0.717) is 30.0 Å². The summed E-state index contributed by atoms with van der Waals surface area (Å²) in [7, 11) is 1.76. The Morgan fingerprint density at radius 3 is 2.90 bits per heavy atom. The third kappa shape index (κ3) is 3.11. The van der Waals surface area contributed by atoms with Crippen LogP contribution in [-0.2, 0) is 13.5 Å². The maximum absolute atomic E-state index is 13.8. The van der Waals surface area contributed by atoms with Crippen molar-refractivity contribution >= 4 is 11.6 Å². The van der Waals surface area contributed by atoms with Gasteiger partial charge in [0.05, 0.1) is 5.56 Å². The van der Waals surface area contributed by atoms with Crippen molar-refractivity contribution in [3.63, 3.8) is 0 Å². The minimum atomic E-state index is -0.548. The van der Waals surface area contributed by atoms with Gasteiger partial charge in [-0.2, -0.15) is 5.10 Å². The summed E-state index contributed by atoms with van der Waals surface area (Å²) in [6.07, 6.45) is 2.06. The van der Waals surface area contributed by atoms with Crippen molar-refractivity contribution in [1.82, 2.24) is 20.1 Å². The highest BCUT2D eigenvalue weighted by molar-refractivity contribution is 5.95. The first-order valence-corrected chi connectivity index (χ1v) is 6.15. The molecule has 0 bridgehead atoms. The minimum Gasteiger partial charge on any atom is -0.399 e. The number of rotatable bonds is 4. The number of hydrogen-bond acceptors (Lipinski definition) is 4. The number of halogens is 1. The molecule has 2 rings (SSSR count). The molecule has 0 aliphatic rings. The second kappa shape index (κ2) is 5.68. The number of carbonyl (C=O) groups excluding carboxylic acids is 1. The van der Waals surface area contributed by atoms with Gasteiger partial charge in [0.2, 0.25) is 0 Å². The molecule has 0 spiro atoms. The lowest BCUT2D eigenvalue weighted by Gasteiger charge is -2.08. The molecule has 0 unspecified atom stereocenters. The number of benzene rings is 1. The average Bonchev–Trinajstić information content (AvgIpc) is 2.79. The monoisotopic (exact) mass is 277 g/mol. The average molecular weight is 277 g/mol. The van der Waals surface area contributed by atoms with Crippen LogP contribution in [-0.4, -0.2) is 27.2 Å². The third-order valence-electron chi connectivity index (χ3n) is 2.80. The van der Waals surface area contributed by atoms with Crippen LogP contribution in [0.15, 0.2) is 18.5 Å². The Labute approximate surface area is 115 Å². The molecule has 1 aromatic carbocycles. The summed E-state index contributed by atoms with van der Waals surface area (Å²) in [6, 6.07) is 2.82. The lowest BCUT2D eigenvalue weighted by Crippen LogP contribution is -2.27. The number of nitrogens with zero attached hydrogens (tertiary/aromatic N) is 3. The van der Waals surface area contributed by atoms with Crippen molar-refractivity contribution in [2.24, 2.45) is 7.05 Å². The number of aryl methyl sites for hydroxylation is 2. The van der Waals surface area contributed by atoms with E-state index in [1.54, 1.807) is 25.0 Å². The number of amides is 1. The van der Waals surface area contributed by atoms with E-state index >= 15 is 0 Å². The van der Waals surface area contributed by atoms with Gasteiger partial charge in [0.25, 0.3) is 5.91 Å². The van der Waals surface area contributed by atoms with Crippen LogP contribution < -0.4 is 11.1 Å². The van der Waals surface area contributed by atoms with E-state index in [2.05, 4.69) is 15.4 Å². The van der Waals surface area contributed by atoms with E-state index in [9.17, 15) is 9.18 Å². The Bertz CT molecular complexity index is 638. The van der Waals surface area contributed by atoms with Gasteiger partial charge in [-0.25, -0.2) is 9.37 Å². The van der Waals surface area contributed by atoms with Gasteiger partial charge < -0.3 is 11.1 Å². The first kappa shape index (κ1) is 14.0. The second-order valence-corrected chi connectivity index (χ2v) is 4.54. The van der Waals surface area contributed by atoms with Crippen LogP contribution in [0.2, 0.25) is 0 Å². The fourth-order valence-corrected chi connectivity index (χ4v) is 1.84. The second-order valence-electron chi connectivity index (χ2n) is 4.54. The van der Waals surface area contributed by atoms with Gasteiger partial charge in [0, 0.05) is 25.7 Å². The fraction of sp³-hybridized carbons (Fsp3) is 0.308. The zero-order valence-electron chi connectivity index (χ0n) is 11.4. The molecule has 0 saturated heterocycles. The molecule has 1 heterocycles. The number of nitrogens with one attached hydrogen (secondary N) is 1. The highest BCUT2D eigenvalue weighted by Gasteiger charge is 2.14. The van der Waals surface area contributed by atoms with Gasteiger partial charge in [-0.3, -0.25) is 9.48 Å². The Balaban J connectivity index is 1.98. The highest BCUT2D eigenvalue weighted by atomic mass is 19.1. The number of hydrogen-bond donors (Lipinski definition) is 2. The van der Waals surface area contributed by atoms with Crippen LogP contribution in [0.25, 0.3) is 0 Å². The summed E-state index contributed by atoms with van der Waals surface area (Å²) >= 11 is 0. The summed E-state index contributed by atoms with van der Waals surface area (Å²) in [5.41, 5.74) is 6.28. The molecule has 20 heavy (non-hydrogen) atoms. The Morgan fingerprint density at radius 2 is 2.25 bits per heavy atom. The van der Waals surface area contributed by atoms with Crippen LogP contribution in [0.5, 0.6) is 0 Å². The van der Waals surface area contributed by atoms with E-state index in [1.807, 2.05) is 0 Å². The molecule has 0 atom stereocenters. The minimum absolute atomic E-state index is 0.0449. The standard InChI is InChI=1S/C13H16FN5O/c1-8-5-9(15)6-10(12(8)14)13(20)16-4-3-11-17-7-19(2)18-11/h5-7H,3-4,15H2,1-2H3,(H,16,20). The van der Waals surface area contributed by atoms with E-state index in [1.165, 1.54) is 12.1 Å². The van der Waals surface area contributed by atoms with E-state index in [0.717, 1.165) is 0 Å². The van der Waals surface area contributed by atoms with Gasteiger partial charge in [-0.05, 0) is 24.6 Å². The maximum Gasteiger partial charge on any atom is 0.254 e. The van der Waals surface area contributed by atoms with Gasteiger partial charge in [0.1, 0.15) is 12.1 Å². The third-order valence-corrected chi connectivity index (χ3v) is 2.80. The van der Waals surface area contributed by atoms with Crippen molar-refractivity contribution < 1.29 is 9.18 Å². The van der Waals surface area contributed by atoms with E-state index < -0.39 is 11.7 Å². The topological polar surface area (TPSA) is 85.8 Å². The molecule has 0 saturated carbocycles. The molecule has 0 aliphatic carbocycles. The number of anilines is 1. The van der Waals surface area contributed by atoms with Gasteiger partial charge in [-0.1, -0.05) is 0 Å². The first-order valence-electron chi connectivity index (χ1n) is 6.15. The van der Waals surface area contributed by atoms with Gasteiger partial charge in [-0.15, -0.1) is 0 Å². The van der Waals surface area contributed by atoms with Crippen LogP contribution in [0.3, 0.4) is 0 Å². The summed E-state index contributed by atoms with van der Waals surface area (Å²) in [6.45, 7) is 1.90. The molecule has 1 aromatic heterocycles. The summed E-state index contributed by atoms with van der Waals surface area (Å²) in [4.78, 5) is 16.0. The van der Waals surface area contributed by atoms with Crippen molar-refractivity contribution in [3.05, 3.63) is 41.2 Å². The van der Waals surface area contributed by atoms with Crippen molar-refractivity contribution in [2.45, 2.75) is 13.3 Å².